The number of hydrogen-bond acceptors (Lipinski definition) is 4. The molecule has 0 aliphatic rings. The van der Waals surface area contributed by atoms with E-state index >= 15 is 0 Å². The van der Waals surface area contributed by atoms with Crippen molar-refractivity contribution in [2.24, 2.45) is 7.05 Å². The van der Waals surface area contributed by atoms with Gasteiger partial charge in [0.25, 0.3) is 5.56 Å². The molecule has 0 saturated carbocycles. The Morgan fingerprint density at radius 3 is 2.37 bits per heavy atom. The third-order valence-electron chi connectivity index (χ3n) is 3.48. The lowest BCUT2D eigenvalue weighted by Gasteiger charge is -2.15. The van der Waals surface area contributed by atoms with Crippen LogP contribution in [0.25, 0.3) is 5.69 Å². The Kier molecular flexibility index (Phi) is 6.01. The predicted octanol–water partition coefficient (Wildman–Crippen LogP) is 3.54. The molecule has 2 aromatic rings. The Morgan fingerprint density at radius 1 is 1.22 bits per heavy atom. The van der Waals surface area contributed by atoms with Crippen LogP contribution in [-0.2, 0) is 18.0 Å². The second-order valence-corrected chi connectivity index (χ2v) is 6.71. The second-order valence-electron chi connectivity index (χ2n) is 5.19. The molecular weight excluding hydrogens is 412 g/mol. The van der Waals surface area contributed by atoms with Crippen molar-refractivity contribution in [2.75, 3.05) is 0 Å². The fourth-order valence-electron chi connectivity index (χ4n) is 2.17. The number of carbonyl (C=O) groups is 1. The molecule has 0 unspecified atom stereocenters. The monoisotopic (exact) mass is 422 g/mol. The van der Waals surface area contributed by atoms with Gasteiger partial charge in [-0.25, -0.2) is 13.8 Å². The van der Waals surface area contributed by atoms with Gasteiger partial charge in [-0.05, 0) is 19.1 Å². The summed E-state index contributed by atoms with van der Waals surface area (Å²) in [5.41, 5.74) is -4.78. The zero-order chi connectivity index (χ0) is 20.5. The lowest BCUT2D eigenvalue weighted by molar-refractivity contribution is -0.144. The highest BCUT2D eigenvalue weighted by Gasteiger charge is 2.35. The number of alkyl halides is 3. The first-order valence-corrected chi connectivity index (χ1v) is 8.39. The summed E-state index contributed by atoms with van der Waals surface area (Å²) in [5, 5.41) is -0.0979. The molecule has 1 heterocycles. The summed E-state index contributed by atoms with van der Waals surface area (Å²) in [6.07, 6.45) is -2.95. The number of allylic oxidation sites excluding steroid dienone is 2. The van der Waals surface area contributed by atoms with E-state index in [1.807, 2.05) is 0 Å². The van der Waals surface area contributed by atoms with E-state index in [0.29, 0.717) is 6.29 Å². The highest BCUT2D eigenvalue weighted by atomic mass is 35.5. The van der Waals surface area contributed by atoms with Crippen molar-refractivity contribution in [1.82, 2.24) is 9.13 Å². The first kappa shape index (κ1) is 21.0. The number of nitrogens with zero attached hydrogens (tertiary/aromatic N) is 2. The van der Waals surface area contributed by atoms with Crippen LogP contribution in [-0.4, -0.2) is 15.4 Å². The molecule has 0 aliphatic carbocycles. The molecule has 0 spiro atoms. The van der Waals surface area contributed by atoms with Crippen LogP contribution in [0, 0.1) is 5.82 Å². The van der Waals surface area contributed by atoms with Crippen molar-refractivity contribution >= 4 is 29.6 Å². The summed E-state index contributed by atoms with van der Waals surface area (Å²) < 4.78 is 53.6. The lowest BCUT2D eigenvalue weighted by atomic mass is 10.3. The van der Waals surface area contributed by atoms with E-state index in [0.717, 1.165) is 30.9 Å². The van der Waals surface area contributed by atoms with Gasteiger partial charge in [-0.2, -0.15) is 13.2 Å². The molecule has 0 aliphatic heterocycles. The third-order valence-corrected chi connectivity index (χ3v) is 5.03. The van der Waals surface area contributed by atoms with Gasteiger partial charge in [0.15, 0.2) is 6.29 Å². The molecular formula is C16H11ClF4N2O3S. The van der Waals surface area contributed by atoms with E-state index in [1.54, 1.807) is 6.92 Å². The van der Waals surface area contributed by atoms with Crippen molar-refractivity contribution in [1.29, 1.82) is 0 Å². The predicted molar refractivity (Wildman–Crippen MR) is 92.9 cm³/mol. The van der Waals surface area contributed by atoms with Crippen molar-refractivity contribution in [3.8, 4) is 5.69 Å². The average Bonchev–Trinajstić information content (AvgIpc) is 2.58. The van der Waals surface area contributed by atoms with E-state index in [9.17, 15) is 31.9 Å². The number of halogens is 5. The first-order valence-electron chi connectivity index (χ1n) is 7.20. The minimum atomic E-state index is -4.93. The number of hydrogen-bond donors (Lipinski definition) is 0. The van der Waals surface area contributed by atoms with Gasteiger partial charge in [-0.15, -0.1) is 0 Å². The molecule has 0 bridgehead atoms. The van der Waals surface area contributed by atoms with Crippen LogP contribution in [0.1, 0.15) is 12.6 Å². The molecule has 11 heteroatoms. The van der Waals surface area contributed by atoms with Crippen molar-refractivity contribution < 1.29 is 22.4 Å². The summed E-state index contributed by atoms with van der Waals surface area (Å²) in [6.45, 7) is 1.57. The summed E-state index contributed by atoms with van der Waals surface area (Å²) in [5.74, 6) is -1.09. The number of aromatic nitrogens is 2. The molecule has 144 valence electrons. The maximum absolute atomic E-state index is 14.3. The smallest absolute Gasteiger partial charge is 0.297 e. The number of thioether (sulfide) groups is 1. The molecule has 1 aromatic carbocycles. The topological polar surface area (TPSA) is 61.1 Å². The number of carbonyl (C=O) groups excluding carboxylic acids is 1. The van der Waals surface area contributed by atoms with E-state index in [2.05, 4.69) is 0 Å². The Labute approximate surface area is 158 Å². The van der Waals surface area contributed by atoms with Gasteiger partial charge in [0.1, 0.15) is 11.5 Å². The lowest BCUT2D eigenvalue weighted by Crippen LogP contribution is -2.41. The van der Waals surface area contributed by atoms with Gasteiger partial charge in [-0.1, -0.05) is 29.4 Å². The molecule has 27 heavy (non-hydrogen) atoms. The van der Waals surface area contributed by atoms with Gasteiger partial charge < -0.3 is 0 Å². The van der Waals surface area contributed by atoms with Crippen LogP contribution in [0.3, 0.4) is 0 Å². The fourth-order valence-corrected chi connectivity index (χ4v) is 3.18. The van der Waals surface area contributed by atoms with Crippen molar-refractivity contribution in [2.45, 2.75) is 18.0 Å². The molecule has 0 fully saturated rings. The average molecular weight is 423 g/mol. The van der Waals surface area contributed by atoms with Crippen LogP contribution in [0.5, 0.6) is 0 Å². The fraction of sp³-hybridized carbons (Fsp3) is 0.188. The Bertz CT molecular complexity index is 1060. The normalized spacial score (nSPS) is 12.3. The SMILES string of the molecule is CC=C(C=O)Sc1cc(-n2c(=O)cc(C(F)(F)F)n(C)c2=O)c(F)cc1Cl. The second kappa shape index (κ2) is 7.73. The quantitative estimate of drug-likeness (QED) is 0.327. The van der Waals surface area contributed by atoms with Crippen LogP contribution in [0.15, 0.2) is 43.7 Å². The number of benzene rings is 1. The molecule has 1 aromatic heterocycles. The molecule has 0 radical (unpaired) electrons. The number of rotatable bonds is 4. The van der Waals surface area contributed by atoms with E-state index in [-0.39, 0.29) is 30.0 Å². The van der Waals surface area contributed by atoms with Gasteiger partial charge >= 0.3 is 11.9 Å². The minimum absolute atomic E-state index is 0.0979. The first-order chi connectivity index (χ1) is 12.5. The molecule has 0 saturated heterocycles. The Hall–Kier alpha value is -2.33. The summed E-state index contributed by atoms with van der Waals surface area (Å²) in [7, 11) is 0.814. The van der Waals surface area contributed by atoms with Gasteiger partial charge in [-0.3, -0.25) is 14.2 Å². The Morgan fingerprint density at radius 2 is 1.85 bits per heavy atom. The molecule has 2 rings (SSSR count). The summed E-state index contributed by atoms with van der Waals surface area (Å²) >= 11 is 6.77. The largest absolute Gasteiger partial charge is 0.431 e. The standard InChI is InChI=1S/C16H11ClF4N2O3S/c1-3-8(7-24)27-12-5-11(10(18)4-9(12)17)23-14(25)6-13(16(19,20)21)22(2)15(23)26/h3-7H,1-2H3. The van der Waals surface area contributed by atoms with Crippen LogP contribution >= 0.6 is 23.4 Å². The molecule has 0 atom stereocenters. The molecule has 5 nitrogen and oxygen atoms in total. The van der Waals surface area contributed by atoms with Gasteiger partial charge in [0.05, 0.1) is 10.7 Å². The van der Waals surface area contributed by atoms with E-state index in [4.69, 9.17) is 11.6 Å². The van der Waals surface area contributed by atoms with Crippen molar-refractivity contribution in [3.63, 3.8) is 0 Å². The van der Waals surface area contributed by atoms with Crippen LogP contribution in [0.4, 0.5) is 17.6 Å². The Balaban J connectivity index is 2.76. The van der Waals surface area contributed by atoms with Gasteiger partial charge in [0, 0.05) is 22.9 Å². The highest BCUT2D eigenvalue weighted by Crippen LogP contribution is 2.34. The maximum Gasteiger partial charge on any atom is 0.431 e. The summed E-state index contributed by atoms with van der Waals surface area (Å²) in [6, 6.07) is 2.03. The minimum Gasteiger partial charge on any atom is -0.297 e. The summed E-state index contributed by atoms with van der Waals surface area (Å²) in [4.78, 5) is 35.7. The maximum atomic E-state index is 14.3. The van der Waals surface area contributed by atoms with Gasteiger partial charge in [0.2, 0.25) is 0 Å². The van der Waals surface area contributed by atoms with E-state index in [1.165, 1.54) is 6.08 Å². The van der Waals surface area contributed by atoms with Crippen molar-refractivity contribution in [3.05, 3.63) is 66.6 Å². The highest BCUT2D eigenvalue weighted by molar-refractivity contribution is 8.04. The molecule has 0 N–H and O–H groups in total. The number of aldehydes is 1. The third kappa shape index (κ3) is 4.16. The zero-order valence-corrected chi connectivity index (χ0v) is 15.4. The van der Waals surface area contributed by atoms with Crippen LogP contribution < -0.4 is 11.2 Å². The molecule has 0 amide bonds. The zero-order valence-electron chi connectivity index (χ0n) is 13.8. The van der Waals surface area contributed by atoms with Crippen LogP contribution in [0.2, 0.25) is 5.02 Å². The van der Waals surface area contributed by atoms with E-state index < -0.39 is 34.6 Å².